The van der Waals surface area contributed by atoms with E-state index < -0.39 is 11.5 Å². The van der Waals surface area contributed by atoms with Crippen molar-refractivity contribution in [1.29, 1.82) is 0 Å². The molecule has 94 valence electrons. The molecule has 3 N–H and O–H groups in total. The molecule has 0 atom stereocenters. The van der Waals surface area contributed by atoms with E-state index in [-0.39, 0.29) is 12.5 Å². The summed E-state index contributed by atoms with van der Waals surface area (Å²) in [5, 5.41) is 14.2. The lowest BCUT2D eigenvalue weighted by atomic mass is 10.1. The van der Waals surface area contributed by atoms with Gasteiger partial charge in [-0.2, -0.15) is 0 Å². The summed E-state index contributed by atoms with van der Waals surface area (Å²) in [7, 11) is 0. The largest absolute Gasteiger partial charge is 0.480 e. The second-order valence-corrected chi connectivity index (χ2v) is 4.82. The highest BCUT2D eigenvalue weighted by molar-refractivity contribution is 5.81. The minimum atomic E-state index is -1.07. The highest BCUT2D eigenvalue weighted by Gasteiger charge is 2.26. The molecule has 0 aliphatic heterocycles. The van der Waals surface area contributed by atoms with Gasteiger partial charge in [0.25, 0.3) is 0 Å². The van der Waals surface area contributed by atoms with E-state index in [1.54, 1.807) is 0 Å². The van der Waals surface area contributed by atoms with Crippen LogP contribution in [0.2, 0.25) is 0 Å². The van der Waals surface area contributed by atoms with Gasteiger partial charge in [0.05, 0.1) is 6.54 Å². The molecule has 0 rings (SSSR count). The van der Waals surface area contributed by atoms with Crippen molar-refractivity contribution in [2.75, 3.05) is 13.1 Å². The van der Waals surface area contributed by atoms with Crippen LogP contribution >= 0.6 is 0 Å². The van der Waals surface area contributed by atoms with Gasteiger partial charge >= 0.3 is 5.97 Å². The predicted octanol–water partition coefficient (Wildman–Crippen LogP) is 0.601. The van der Waals surface area contributed by atoms with E-state index in [1.807, 2.05) is 0 Å². The fraction of sp³-hybridized carbons (Fsp3) is 0.818. The van der Waals surface area contributed by atoms with Crippen LogP contribution < -0.4 is 10.6 Å². The maximum absolute atomic E-state index is 11.3. The standard InChI is InChI=1S/C11H22N2O3/c1-8(2)5-6-12-9(14)7-13-11(3,4)10(15)16/h8,13H,5-7H2,1-4H3,(H,12,14)(H,15,16). The first-order valence-electron chi connectivity index (χ1n) is 5.51. The Morgan fingerprint density at radius 3 is 2.31 bits per heavy atom. The lowest BCUT2D eigenvalue weighted by Gasteiger charge is -2.20. The summed E-state index contributed by atoms with van der Waals surface area (Å²) in [5.74, 6) is -0.596. The number of amides is 1. The number of hydrogen-bond donors (Lipinski definition) is 3. The summed E-state index contributed by atoms with van der Waals surface area (Å²) in [6.45, 7) is 7.87. The number of carbonyl (C=O) groups excluding carboxylic acids is 1. The number of nitrogens with one attached hydrogen (secondary N) is 2. The van der Waals surface area contributed by atoms with Gasteiger partial charge in [-0.05, 0) is 26.2 Å². The first kappa shape index (κ1) is 14.9. The first-order valence-corrected chi connectivity index (χ1v) is 5.51. The van der Waals surface area contributed by atoms with Crippen LogP contribution in [-0.2, 0) is 9.59 Å². The fourth-order valence-electron chi connectivity index (χ4n) is 0.940. The third-order valence-electron chi connectivity index (χ3n) is 2.27. The van der Waals surface area contributed by atoms with Crippen LogP contribution in [-0.4, -0.2) is 35.6 Å². The van der Waals surface area contributed by atoms with Gasteiger partial charge in [-0.1, -0.05) is 13.8 Å². The molecule has 0 saturated heterocycles. The van der Waals surface area contributed by atoms with Crippen molar-refractivity contribution >= 4 is 11.9 Å². The van der Waals surface area contributed by atoms with Crippen LogP contribution in [0.1, 0.15) is 34.1 Å². The number of carbonyl (C=O) groups is 2. The maximum atomic E-state index is 11.3. The van der Waals surface area contributed by atoms with E-state index >= 15 is 0 Å². The van der Waals surface area contributed by atoms with E-state index in [0.29, 0.717) is 12.5 Å². The van der Waals surface area contributed by atoms with Gasteiger partial charge in [0.1, 0.15) is 5.54 Å². The van der Waals surface area contributed by atoms with Crippen LogP contribution in [0.5, 0.6) is 0 Å². The topological polar surface area (TPSA) is 78.4 Å². The lowest BCUT2D eigenvalue weighted by molar-refractivity contribution is -0.143. The molecule has 0 saturated carbocycles. The number of hydrogen-bond acceptors (Lipinski definition) is 3. The number of carboxylic acids is 1. The van der Waals surface area contributed by atoms with Gasteiger partial charge in [-0.15, -0.1) is 0 Å². The van der Waals surface area contributed by atoms with Crippen LogP contribution in [0.4, 0.5) is 0 Å². The van der Waals surface area contributed by atoms with Crippen LogP contribution in [0.25, 0.3) is 0 Å². The molecular formula is C11H22N2O3. The van der Waals surface area contributed by atoms with Crippen molar-refractivity contribution in [3.8, 4) is 0 Å². The highest BCUT2D eigenvalue weighted by atomic mass is 16.4. The summed E-state index contributed by atoms with van der Waals surface area (Å²) in [5.41, 5.74) is -1.07. The Labute approximate surface area is 96.6 Å². The van der Waals surface area contributed by atoms with Gasteiger partial charge in [0.15, 0.2) is 0 Å². The molecular weight excluding hydrogens is 208 g/mol. The number of aliphatic carboxylic acids is 1. The zero-order valence-electron chi connectivity index (χ0n) is 10.5. The highest BCUT2D eigenvalue weighted by Crippen LogP contribution is 2.00. The average molecular weight is 230 g/mol. The normalized spacial score (nSPS) is 11.6. The van der Waals surface area contributed by atoms with Crippen LogP contribution in [0.15, 0.2) is 0 Å². The number of carboxylic acid groups (broad SMARTS) is 1. The van der Waals surface area contributed by atoms with E-state index in [0.717, 1.165) is 6.42 Å². The summed E-state index contributed by atoms with van der Waals surface area (Å²) in [6, 6.07) is 0. The third kappa shape index (κ3) is 6.40. The quantitative estimate of drug-likeness (QED) is 0.598. The van der Waals surface area contributed by atoms with Gasteiger partial charge in [0, 0.05) is 6.54 Å². The minimum absolute atomic E-state index is 0.0252. The minimum Gasteiger partial charge on any atom is -0.480 e. The Bertz CT molecular complexity index is 250. The molecule has 0 aliphatic carbocycles. The molecule has 5 heteroatoms. The van der Waals surface area contributed by atoms with Crippen molar-refractivity contribution in [2.45, 2.75) is 39.7 Å². The number of rotatable bonds is 7. The third-order valence-corrected chi connectivity index (χ3v) is 2.27. The fourth-order valence-corrected chi connectivity index (χ4v) is 0.940. The van der Waals surface area contributed by atoms with Gasteiger partial charge in [0.2, 0.25) is 5.91 Å². The molecule has 0 unspecified atom stereocenters. The molecule has 0 fully saturated rings. The second kappa shape index (κ2) is 6.48. The summed E-state index contributed by atoms with van der Waals surface area (Å²) in [6.07, 6.45) is 0.925. The summed E-state index contributed by atoms with van der Waals surface area (Å²) in [4.78, 5) is 22.1. The monoisotopic (exact) mass is 230 g/mol. The van der Waals surface area contributed by atoms with Crippen molar-refractivity contribution in [1.82, 2.24) is 10.6 Å². The smallest absolute Gasteiger partial charge is 0.323 e. The molecule has 0 radical (unpaired) electrons. The van der Waals surface area contributed by atoms with Crippen molar-refractivity contribution in [3.05, 3.63) is 0 Å². The molecule has 0 aromatic heterocycles. The van der Waals surface area contributed by atoms with Crippen molar-refractivity contribution < 1.29 is 14.7 Å². The SMILES string of the molecule is CC(C)CCNC(=O)CNC(C)(C)C(=O)O. The first-order chi connectivity index (χ1) is 7.25. The Hall–Kier alpha value is -1.10. The molecule has 0 heterocycles. The van der Waals surface area contributed by atoms with Crippen molar-refractivity contribution in [2.24, 2.45) is 5.92 Å². The van der Waals surface area contributed by atoms with Gasteiger partial charge in [-0.25, -0.2) is 0 Å². The Morgan fingerprint density at radius 2 is 1.88 bits per heavy atom. The van der Waals surface area contributed by atoms with Crippen LogP contribution in [0, 0.1) is 5.92 Å². The molecule has 0 bridgehead atoms. The van der Waals surface area contributed by atoms with E-state index in [9.17, 15) is 9.59 Å². The molecule has 0 aromatic rings. The Morgan fingerprint density at radius 1 is 1.31 bits per heavy atom. The average Bonchev–Trinajstić information content (AvgIpc) is 2.14. The van der Waals surface area contributed by atoms with E-state index in [1.165, 1.54) is 13.8 Å². The predicted molar refractivity (Wildman–Crippen MR) is 62.2 cm³/mol. The van der Waals surface area contributed by atoms with Gasteiger partial charge in [-0.3, -0.25) is 14.9 Å². The second-order valence-electron chi connectivity index (χ2n) is 4.82. The molecule has 0 aromatic carbocycles. The van der Waals surface area contributed by atoms with E-state index in [4.69, 9.17) is 5.11 Å². The van der Waals surface area contributed by atoms with Gasteiger partial charge < -0.3 is 10.4 Å². The summed E-state index contributed by atoms with van der Waals surface area (Å²) >= 11 is 0. The molecule has 0 spiro atoms. The van der Waals surface area contributed by atoms with E-state index in [2.05, 4.69) is 24.5 Å². The molecule has 5 nitrogen and oxygen atoms in total. The zero-order chi connectivity index (χ0) is 12.8. The summed E-state index contributed by atoms with van der Waals surface area (Å²) < 4.78 is 0. The molecule has 16 heavy (non-hydrogen) atoms. The Kier molecular flexibility index (Phi) is 6.03. The molecule has 0 aliphatic rings. The zero-order valence-corrected chi connectivity index (χ0v) is 10.5. The maximum Gasteiger partial charge on any atom is 0.323 e. The molecule has 1 amide bonds. The lowest BCUT2D eigenvalue weighted by Crippen LogP contribution is -2.50. The van der Waals surface area contributed by atoms with Crippen LogP contribution in [0.3, 0.4) is 0 Å². The Balaban J connectivity index is 3.77. The van der Waals surface area contributed by atoms with Crippen molar-refractivity contribution in [3.63, 3.8) is 0 Å².